The van der Waals surface area contributed by atoms with E-state index in [-0.39, 0.29) is 11.3 Å². The summed E-state index contributed by atoms with van der Waals surface area (Å²) < 4.78 is 69.4. The molecule has 2 saturated heterocycles. The standard InChI is InChI=1S/C19H24N4O2S.2C2HF3O2/c1-15-3-2-4-16(21-15)18(24)23-8-9-25-14-19(13-23)5-7-22(12-19)11-17-20-6-10-26-17;2*3-2(4,5)1(6)7/h2-4,6,10H,5,7-9,11-14H2,1H3;2*(H,6,7). The highest BCUT2D eigenvalue weighted by Gasteiger charge is 2.42. The number of thiazole rings is 1. The molecule has 17 heteroatoms. The van der Waals surface area contributed by atoms with Gasteiger partial charge in [0.25, 0.3) is 5.91 Å². The van der Waals surface area contributed by atoms with Crippen LogP contribution in [0.4, 0.5) is 26.3 Å². The van der Waals surface area contributed by atoms with Crippen molar-refractivity contribution >= 4 is 29.2 Å². The molecule has 0 aromatic carbocycles. The minimum absolute atomic E-state index is 0.00719. The SMILES string of the molecule is Cc1cccc(C(=O)N2CCOCC3(CCN(Cc4nccs4)C3)C2)n1.O=C(O)C(F)(F)F.O=C(O)C(F)(F)F. The Labute approximate surface area is 228 Å². The molecule has 0 bridgehead atoms. The third-order valence-electron chi connectivity index (χ3n) is 5.68. The zero-order chi connectivity index (χ0) is 30.1. The zero-order valence-corrected chi connectivity index (χ0v) is 21.9. The molecular formula is C23H26F6N4O6S. The van der Waals surface area contributed by atoms with Crippen molar-refractivity contribution in [1.82, 2.24) is 19.8 Å². The normalized spacial score (nSPS) is 19.6. The van der Waals surface area contributed by atoms with Crippen molar-refractivity contribution in [2.75, 3.05) is 39.4 Å². The molecule has 2 aromatic heterocycles. The van der Waals surface area contributed by atoms with Crippen LogP contribution in [0.1, 0.15) is 27.6 Å². The van der Waals surface area contributed by atoms with E-state index in [4.69, 9.17) is 24.5 Å². The second-order valence-corrected chi connectivity index (χ2v) is 9.91. The number of carboxylic acids is 2. The number of carbonyl (C=O) groups is 3. The van der Waals surface area contributed by atoms with Crippen LogP contribution >= 0.6 is 11.3 Å². The van der Waals surface area contributed by atoms with Gasteiger partial charge in [0, 0.05) is 42.3 Å². The minimum Gasteiger partial charge on any atom is -0.475 e. The molecule has 222 valence electrons. The Bertz CT molecular complexity index is 1120. The largest absolute Gasteiger partial charge is 0.490 e. The summed E-state index contributed by atoms with van der Waals surface area (Å²) in [5.41, 5.74) is 1.40. The van der Waals surface area contributed by atoms with E-state index in [9.17, 15) is 31.1 Å². The number of carbonyl (C=O) groups excluding carboxylic acids is 1. The van der Waals surface area contributed by atoms with Gasteiger partial charge < -0.3 is 19.8 Å². The first-order chi connectivity index (χ1) is 18.5. The molecule has 1 unspecified atom stereocenters. The number of nitrogens with zero attached hydrogens (tertiary/aromatic N) is 4. The van der Waals surface area contributed by atoms with Crippen molar-refractivity contribution in [3.8, 4) is 0 Å². The summed E-state index contributed by atoms with van der Waals surface area (Å²) in [6, 6.07) is 5.61. The maximum atomic E-state index is 13.0. The maximum Gasteiger partial charge on any atom is 0.490 e. The third kappa shape index (κ3) is 10.3. The molecule has 1 amide bonds. The average molecular weight is 601 g/mol. The van der Waals surface area contributed by atoms with E-state index in [1.807, 2.05) is 35.5 Å². The summed E-state index contributed by atoms with van der Waals surface area (Å²) in [6.45, 7) is 7.42. The molecule has 0 radical (unpaired) electrons. The second kappa shape index (κ2) is 13.8. The van der Waals surface area contributed by atoms with E-state index in [2.05, 4.69) is 14.9 Å². The number of likely N-dealkylation sites (tertiary alicyclic amines) is 1. The quantitative estimate of drug-likeness (QED) is 0.508. The minimum atomic E-state index is -5.08. The van der Waals surface area contributed by atoms with Gasteiger partial charge in [-0.2, -0.15) is 26.3 Å². The van der Waals surface area contributed by atoms with Crippen LogP contribution in [0.25, 0.3) is 0 Å². The molecule has 2 aromatic rings. The van der Waals surface area contributed by atoms with Gasteiger partial charge in [0.2, 0.25) is 0 Å². The van der Waals surface area contributed by atoms with Gasteiger partial charge >= 0.3 is 24.3 Å². The van der Waals surface area contributed by atoms with Crippen molar-refractivity contribution in [3.63, 3.8) is 0 Å². The van der Waals surface area contributed by atoms with Gasteiger partial charge in [-0.3, -0.25) is 9.69 Å². The molecule has 1 atom stereocenters. The number of pyridine rings is 1. The predicted octanol–water partition coefficient (Wildman–Crippen LogP) is 3.48. The first kappa shape index (κ1) is 32.9. The molecule has 0 aliphatic carbocycles. The van der Waals surface area contributed by atoms with Crippen molar-refractivity contribution in [2.45, 2.75) is 32.2 Å². The Hall–Kier alpha value is -3.31. The molecule has 2 fully saturated rings. The molecule has 10 nitrogen and oxygen atoms in total. The number of carboxylic acid groups (broad SMARTS) is 2. The van der Waals surface area contributed by atoms with Crippen LogP contribution in [-0.2, 0) is 20.9 Å². The first-order valence-electron chi connectivity index (χ1n) is 11.5. The highest BCUT2D eigenvalue weighted by molar-refractivity contribution is 7.09. The fourth-order valence-electron chi connectivity index (χ4n) is 3.92. The van der Waals surface area contributed by atoms with E-state index < -0.39 is 24.3 Å². The van der Waals surface area contributed by atoms with Crippen molar-refractivity contribution in [3.05, 3.63) is 46.2 Å². The van der Waals surface area contributed by atoms with E-state index in [1.54, 1.807) is 17.4 Å². The Kier molecular flexibility index (Phi) is 11.4. The zero-order valence-electron chi connectivity index (χ0n) is 21.0. The van der Waals surface area contributed by atoms with Crippen LogP contribution < -0.4 is 0 Å². The molecular weight excluding hydrogens is 574 g/mol. The molecule has 1 spiro atoms. The van der Waals surface area contributed by atoms with Gasteiger partial charge in [-0.05, 0) is 32.0 Å². The monoisotopic (exact) mass is 600 g/mol. The lowest BCUT2D eigenvalue weighted by molar-refractivity contribution is -0.193. The Morgan fingerprint density at radius 1 is 1.05 bits per heavy atom. The van der Waals surface area contributed by atoms with Crippen molar-refractivity contribution in [1.29, 1.82) is 0 Å². The molecule has 4 rings (SSSR count). The fourth-order valence-corrected chi connectivity index (χ4v) is 4.58. The van der Waals surface area contributed by atoms with Gasteiger partial charge in [0.1, 0.15) is 10.7 Å². The van der Waals surface area contributed by atoms with E-state index in [0.29, 0.717) is 25.5 Å². The summed E-state index contributed by atoms with van der Waals surface area (Å²) in [5.74, 6) is -5.50. The number of ether oxygens (including phenoxy) is 1. The molecule has 2 N–H and O–H groups in total. The van der Waals surface area contributed by atoms with Crippen LogP contribution in [0.2, 0.25) is 0 Å². The lowest BCUT2D eigenvalue weighted by Crippen LogP contribution is -2.43. The van der Waals surface area contributed by atoms with Gasteiger partial charge in [-0.15, -0.1) is 11.3 Å². The lowest BCUT2D eigenvalue weighted by atomic mass is 9.87. The Morgan fingerprint density at radius 3 is 2.20 bits per heavy atom. The highest BCUT2D eigenvalue weighted by Crippen LogP contribution is 2.34. The van der Waals surface area contributed by atoms with E-state index in [1.165, 1.54) is 0 Å². The molecule has 40 heavy (non-hydrogen) atoms. The summed E-state index contributed by atoms with van der Waals surface area (Å²) in [4.78, 5) is 43.9. The van der Waals surface area contributed by atoms with Crippen LogP contribution in [0.15, 0.2) is 29.8 Å². The number of amides is 1. The molecule has 0 saturated carbocycles. The maximum absolute atomic E-state index is 13.0. The number of rotatable bonds is 3. The van der Waals surface area contributed by atoms with Crippen molar-refractivity contribution in [2.24, 2.45) is 5.41 Å². The van der Waals surface area contributed by atoms with Crippen LogP contribution in [0, 0.1) is 12.3 Å². The van der Waals surface area contributed by atoms with Gasteiger partial charge in [0.15, 0.2) is 0 Å². The third-order valence-corrected chi connectivity index (χ3v) is 6.44. The van der Waals surface area contributed by atoms with Gasteiger partial charge in [-0.25, -0.2) is 19.6 Å². The fraction of sp³-hybridized carbons (Fsp3) is 0.522. The lowest BCUT2D eigenvalue weighted by Gasteiger charge is -2.31. The predicted molar refractivity (Wildman–Crippen MR) is 128 cm³/mol. The summed E-state index contributed by atoms with van der Waals surface area (Å²) in [6.07, 6.45) is -7.26. The molecule has 4 heterocycles. The van der Waals surface area contributed by atoms with E-state index in [0.717, 1.165) is 43.3 Å². The van der Waals surface area contributed by atoms with E-state index >= 15 is 0 Å². The number of hydrogen-bond donors (Lipinski definition) is 2. The number of aliphatic carboxylic acids is 2. The number of halogens is 6. The first-order valence-corrected chi connectivity index (χ1v) is 12.4. The van der Waals surface area contributed by atoms with Gasteiger partial charge in [-0.1, -0.05) is 6.07 Å². The molecule has 2 aliphatic heterocycles. The topological polar surface area (TPSA) is 133 Å². The van der Waals surface area contributed by atoms with Crippen LogP contribution in [0.5, 0.6) is 0 Å². The number of aromatic nitrogens is 2. The molecule has 2 aliphatic rings. The second-order valence-electron chi connectivity index (χ2n) is 8.94. The number of alkyl halides is 6. The summed E-state index contributed by atoms with van der Waals surface area (Å²) in [5, 5.41) is 17.4. The van der Waals surface area contributed by atoms with Crippen molar-refractivity contribution < 1.29 is 55.7 Å². The highest BCUT2D eigenvalue weighted by atomic mass is 32.1. The Morgan fingerprint density at radius 2 is 1.68 bits per heavy atom. The Balaban J connectivity index is 0.000000333. The summed E-state index contributed by atoms with van der Waals surface area (Å²) in [7, 11) is 0. The van der Waals surface area contributed by atoms with Crippen LogP contribution in [0.3, 0.4) is 0 Å². The summed E-state index contributed by atoms with van der Waals surface area (Å²) >= 11 is 1.70. The smallest absolute Gasteiger partial charge is 0.475 e. The number of hydrogen-bond acceptors (Lipinski definition) is 8. The van der Waals surface area contributed by atoms with Gasteiger partial charge in [0.05, 0.1) is 19.8 Å². The average Bonchev–Trinajstić information content (AvgIpc) is 3.45. The van der Waals surface area contributed by atoms with Crippen LogP contribution in [-0.4, -0.2) is 99.6 Å². The number of aryl methyl sites for hydroxylation is 1.